The molecule has 2 N–H and O–H groups in total. The molecule has 0 saturated heterocycles. The van der Waals surface area contributed by atoms with E-state index >= 15 is 0 Å². The Bertz CT molecular complexity index is 816. The van der Waals surface area contributed by atoms with Gasteiger partial charge in [0.15, 0.2) is 11.8 Å². The number of rotatable bonds is 11. The second-order valence-corrected chi connectivity index (χ2v) is 7.50. The van der Waals surface area contributed by atoms with Crippen molar-refractivity contribution in [3.05, 3.63) is 41.0 Å². The van der Waals surface area contributed by atoms with E-state index in [2.05, 4.69) is 46.0 Å². The van der Waals surface area contributed by atoms with E-state index < -0.39 is 0 Å². The van der Waals surface area contributed by atoms with Crippen molar-refractivity contribution < 1.29 is 9.47 Å². The average Bonchev–Trinajstić information content (AvgIpc) is 3.02. The Balaban J connectivity index is 2.08. The predicted octanol–water partition coefficient (Wildman–Crippen LogP) is 2.88. The molecule has 1 heterocycles. The summed E-state index contributed by atoms with van der Waals surface area (Å²) in [5.74, 6) is 3.34. The van der Waals surface area contributed by atoms with Gasteiger partial charge in [-0.3, -0.25) is 0 Å². The second kappa shape index (κ2) is 12.2. The lowest BCUT2D eigenvalue weighted by molar-refractivity contribution is 0.145. The van der Waals surface area contributed by atoms with Gasteiger partial charge >= 0.3 is 0 Å². The molecule has 0 radical (unpaired) electrons. The van der Waals surface area contributed by atoms with Crippen LogP contribution in [0.15, 0.2) is 23.2 Å². The van der Waals surface area contributed by atoms with Gasteiger partial charge in [-0.1, -0.05) is 12.1 Å². The molecule has 0 atom stereocenters. The van der Waals surface area contributed by atoms with Gasteiger partial charge in [-0.05, 0) is 52.7 Å². The van der Waals surface area contributed by atoms with Gasteiger partial charge in [-0.2, -0.15) is 0 Å². The molecular weight excluding hydrogens is 380 g/mol. The maximum Gasteiger partial charge on any atom is 0.191 e. The quantitative estimate of drug-likeness (QED) is 0.333. The fourth-order valence-electron chi connectivity index (χ4n) is 2.79. The summed E-state index contributed by atoms with van der Waals surface area (Å²) in [6.45, 7) is 13.4. The van der Waals surface area contributed by atoms with Crippen molar-refractivity contribution >= 4 is 5.96 Å². The lowest BCUT2D eigenvalue weighted by Crippen LogP contribution is -2.38. The minimum atomic E-state index is 0.114. The number of ether oxygens (including phenoxy) is 2. The molecule has 0 fully saturated rings. The zero-order valence-electron chi connectivity index (χ0n) is 19.2. The molecule has 2 aromatic rings. The van der Waals surface area contributed by atoms with Gasteiger partial charge in [0.25, 0.3) is 0 Å². The minimum Gasteiger partial charge on any atom is -0.491 e. The number of benzene rings is 1. The number of aryl methyl sites for hydroxylation is 2. The molecular formula is C22H36N6O2. The number of hydrogen-bond donors (Lipinski definition) is 2. The highest BCUT2D eigenvalue weighted by atomic mass is 16.5. The van der Waals surface area contributed by atoms with Crippen molar-refractivity contribution in [2.24, 2.45) is 12.0 Å². The number of guanidine groups is 1. The molecule has 0 saturated carbocycles. The SMILES string of the molecule is CCOCCCNC(=NCc1ccc(C)cc1OC(C)C)NCc1nnc(C)n1C. The smallest absolute Gasteiger partial charge is 0.191 e. The molecule has 0 amide bonds. The molecule has 166 valence electrons. The van der Waals surface area contributed by atoms with Gasteiger partial charge in [-0.15, -0.1) is 10.2 Å². The monoisotopic (exact) mass is 416 g/mol. The Labute approximate surface area is 180 Å². The molecule has 0 aliphatic heterocycles. The van der Waals surface area contributed by atoms with Crippen molar-refractivity contribution in [3.63, 3.8) is 0 Å². The van der Waals surface area contributed by atoms with Crippen LogP contribution in [0.3, 0.4) is 0 Å². The summed E-state index contributed by atoms with van der Waals surface area (Å²) in [4.78, 5) is 4.78. The minimum absolute atomic E-state index is 0.114. The van der Waals surface area contributed by atoms with Crippen LogP contribution >= 0.6 is 0 Å². The Kier molecular flexibility index (Phi) is 9.60. The van der Waals surface area contributed by atoms with Gasteiger partial charge in [-0.25, -0.2) is 4.99 Å². The first-order chi connectivity index (χ1) is 14.4. The molecule has 0 aliphatic carbocycles. The first kappa shape index (κ1) is 23.7. The molecule has 8 nitrogen and oxygen atoms in total. The topological polar surface area (TPSA) is 85.6 Å². The van der Waals surface area contributed by atoms with E-state index in [1.807, 2.05) is 39.3 Å². The van der Waals surface area contributed by atoms with Crippen molar-refractivity contribution in [2.45, 2.75) is 60.2 Å². The van der Waals surface area contributed by atoms with Crippen molar-refractivity contribution in [3.8, 4) is 5.75 Å². The maximum atomic E-state index is 5.98. The molecule has 2 rings (SSSR count). The summed E-state index contributed by atoms with van der Waals surface area (Å²) < 4.78 is 13.4. The van der Waals surface area contributed by atoms with E-state index in [1.54, 1.807) is 0 Å². The second-order valence-electron chi connectivity index (χ2n) is 7.50. The van der Waals surface area contributed by atoms with Crippen LogP contribution in [0, 0.1) is 13.8 Å². The highest BCUT2D eigenvalue weighted by Crippen LogP contribution is 2.22. The van der Waals surface area contributed by atoms with E-state index in [0.29, 0.717) is 13.1 Å². The summed E-state index contributed by atoms with van der Waals surface area (Å²) in [6, 6.07) is 6.23. The molecule has 0 bridgehead atoms. The number of aliphatic imine (C=N–C) groups is 1. The zero-order chi connectivity index (χ0) is 21.9. The van der Waals surface area contributed by atoms with Crippen LogP contribution in [-0.4, -0.2) is 46.6 Å². The fourth-order valence-corrected chi connectivity index (χ4v) is 2.79. The molecule has 1 aromatic carbocycles. The van der Waals surface area contributed by atoms with Gasteiger partial charge in [0, 0.05) is 32.4 Å². The van der Waals surface area contributed by atoms with Crippen molar-refractivity contribution in [2.75, 3.05) is 19.8 Å². The van der Waals surface area contributed by atoms with Crippen LogP contribution in [0.1, 0.15) is 50.0 Å². The predicted molar refractivity (Wildman–Crippen MR) is 120 cm³/mol. The Morgan fingerprint density at radius 1 is 1.20 bits per heavy atom. The van der Waals surface area contributed by atoms with Crippen LogP contribution in [0.5, 0.6) is 5.75 Å². The van der Waals surface area contributed by atoms with E-state index in [9.17, 15) is 0 Å². The maximum absolute atomic E-state index is 5.98. The van der Waals surface area contributed by atoms with Gasteiger partial charge < -0.3 is 24.7 Å². The van der Waals surface area contributed by atoms with Crippen LogP contribution in [0.2, 0.25) is 0 Å². The van der Waals surface area contributed by atoms with Crippen LogP contribution in [0.4, 0.5) is 0 Å². The third kappa shape index (κ3) is 7.67. The summed E-state index contributed by atoms with van der Waals surface area (Å²) in [6.07, 6.45) is 1.02. The summed E-state index contributed by atoms with van der Waals surface area (Å²) in [7, 11) is 1.96. The van der Waals surface area contributed by atoms with Crippen LogP contribution in [-0.2, 0) is 24.9 Å². The van der Waals surface area contributed by atoms with E-state index in [1.165, 1.54) is 5.56 Å². The third-order valence-corrected chi connectivity index (χ3v) is 4.55. The van der Waals surface area contributed by atoms with E-state index in [4.69, 9.17) is 14.5 Å². The van der Waals surface area contributed by atoms with E-state index in [-0.39, 0.29) is 6.10 Å². The number of nitrogens with zero attached hydrogens (tertiary/aromatic N) is 4. The average molecular weight is 417 g/mol. The normalized spacial score (nSPS) is 11.8. The largest absolute Gasteiger partial charge is 0.491 e. The van der Waals surface area contributed by atoms with Gasteiger partial charge in [0.2, 0.25) is 0 Å². The van der Waals surface area contributed by atoms with Crippen LogP contribution in [0.25, 0.3) is 0 Å². The summed E-state index contributed by atoms with van der Waals surface area (Å²) in [5.41, 5.74) is 2.22. The van der Waals surface area contributed by atoms with E-state index in [0.717, 1.165) is 55.1 Å². The van der Waals surface area contributed by atoms with Gasteiger partial charge in [0.05, 0.1) is 19.2 Å². The summed E-state index contributed by atoms with van der Waals surface area (Å²) in [5, 5.41) is 15.1. The molecule has 0 spiro atoms. The third-order valence-electron chi connectivity index (χ3n) is 4.55. The molecule has 0 aliphatic rings. The Morgan fingerprint density at radius 3 is 2.67 bits per heavy atom. The number of hydrogen-bond acceptors (Lipinski definition) is 5. The highest BCUT2D eigenvalue weighted by molar-refractivity contribution is 5.79. The van der Waals surface area contributed by atoms with Gasteiger partial charge in [0.1, 0.15) is 11.6 Å². The standard InChI is InChI=1S/C22H36N6O2/c1-7-29-12-8-11-23-22(25-15-21-27-26-18(5)28(21)6)24-14-19-10-9-17(4)13-20(19)30-16(2)3/h9-10,13,16H,7-8,11-12,14-15H2,1-6H3,(H2,23,24,25). The first-order valence-corrected chi connectivity index (χ1v) is 10.6. The first-order valence-electron chi connectivity index (χ1n) is 10.6. The molecule has 8 heteroatoms. The molecule has 0 unspecified atom stereocenters. The van der Waals surface area contributed by atoms with Crippen LogP contribution < -0.4 is 15.4 Å². The lowest BCUT2D eigenvalue weighted by atomic mass is 10.1. The molecule has 30 heavy (non-hydrogen) atoms. The lowest BCUT2D eigenvalue weighted by Gasteiger charge is -2.16. The van der Waals surface area contributed by atoms with Crippen molar-refractivity contribution in [1.29, 1.82) is 0 Å². The Hall–Kier alpha value is -2.61. The van der Waals surface area contributed by atoms with Crippen molar-refractivity contribution in [1.82, 2.24) is 25.4 Å². The number of aromatic nitrogens is 3. The molecule has 1 aromatic heterocycles. The summed E-state index contributed by atoms with van der Waals surface area (Å²) >= 11 is 0. The number of nitrogens with one attached hydrogen (secondary N) is 2. The zero-order valence-corrected chi connectivity index (χ0v) is 19.2. The highest BCUT2D eigenvalue weighted by Gasteiger charge is 2.09. The Morgan fingerprint density at radius 2 is 2.00 bits per heavy atom. The fraction of sp³-hybridized carbons (Fsp3) is 0.591.